The first-order valence-corrected chi connectivity index (χ1v) is 9.32. The minimum atomic E-state index is -2.64. The van der Waals surface area contributed by atoms with Crippen LogP contribution in [0.25, 0.3) is 0 Å². The van der Waals surface area contributed by atoms with Crippen molar-refractivity contribution in [2.24, 2.45) is 4.99 Å². The van der Waals surface area contributed by atoms with E-state index < -0.39 is 52.4 Å². The first kappa shape index (κ1) is 11.2. The Morgan fingerprint density at radius 2 is 1.81 bits per heavy atom. The lowest BCUT2D eigenvalue weighted by Crippen LogP contribution is -2.49. The van der Waals surface area contributed by atoms with Gasteiger partial charge in [0.1, 0.15) is 5.84 Å². The van der Waals surface area contributed by atoms with E-state index in [0.29, 0.717) is 11.3 Å². The number of benzene rings is 2. The zero-order valence-electron chi connectivity index (χ0n) is 22.6. The number of ether oxygens (including phenoxy) is 1. The lowest BCUT2D eigenvalue weighted by molar-refractivity contribution is 0.0652. The van der Waals surface area contributed by atoms with Crippen LogP contribution in [0.5, 0.6) is 0 Å². The molecule has 0 atom stereocenters. The summed E-state index contributed by atoms with van der Waals surface area (Å²) in [6.45, 7) is -12.1. The van der Waals surface area contributed by atoms with Gasteiger partial charge in [-0.05, 0) is 18.2 Å². The standard InChI is InChI=1S/C21H25N3O2S/c25-14-16-26-15-13-23-9-11-24(12-10-23)21-17-5-1-3-7-19(17)27-20-8-4-2-6-18(20)22-21/h1-8,25H,9-16H2/i11D2,12D2,13D2,14D2. The molecular weight excluding hydrogens is 358 g/mol. The van der Waals surface area contributed by atoms with Crippen LogP contribution in [0.3, 0.4) is 0 Å². The number of amidine groups is 1. The Balaban J connectivity index is 1.70. The Hall–Kier alpha value is -1.86. The maximum absolute atomic E-state index is 9.17. The van der Waals surface area contributed by atoms with Crippen LogP contribution in [-0.2, 0) is 4.74 Å². The summed E-state index contributed by atoms with van der Waals surface area (Å²) < 4.78 is 70.9. The molecule has 0 amide bonds. The number of aliphatic imine (C=N–C) groups is 1. The van der Waals surface area contributed by atoms with Crippen LogP contribution < -0.4 is 0 Å². The number of aliphatic hydroxyl groups is 1. The third kappa shape index (κ3) is 4.35. The molecule has 2 heterocycles. The van der Waals surface area contributed by atoms with Crippen molar-refractivity contribution in [1.82, 2.24) is 9.80 Å². The Morgan fingerprint density at radius 3 is 2.63 bits per heavy atom. The van der Waals surface area contributed by atoms with Gasteiger partial charge < -0.3 is 14.7 Å². The van der Waals surface area contributed by atoms with Crippen LogP contribution in [0, 0.1) is 0 Å². The second kappa shape index (κ2) is 8.89. The van der Waals surface area contributed by atoms with E-state index in [9.17, 15) is 5.11 Å². The molecule has 0 unspecified atom stereocenters. The summed E-state index contributed by atoms with van der Waals surface area (Å²) in [4.78, 5) is 8.34. The number of para-hydroxylation sites is 1. The normalized spacial score (nSPS) is 26.3. The molecule has 0 aliphatic carbocycles. The van der Waals surface area contributed by atoms with Gasteiger partial charge in [0.05, 0.1) is 33.7 Å². The summed E-state index contributed by atoms with van der Waals surface area (Å²) in [5.74, 6) is 0.123. The smallest absolute Gasteiger partial charge is 0.137 e. The molecule has 2 aliphatic rings. The molecule has 142 valence electrons. The van der Waals surface area contributed by atoms with Gasteiger partial charge in [-0.1, -0.05) is 42.1 Å². The van der Waals surface area contributed by atoms with Crippen LogP contribution in [0.1, 0.15) is 16.5 Å². The van der Waals surface area contributed by atoms with Gasteiger partial charge in [0.15, 0.2) is 0 Å². The molecular formula is C21H25N3O2S. The average molecular weight is 392 g/mol. The van der Waals surface area contributed by atoms with Crippen molar-refractivity contribution in [2.45, 2.75) is 9.79 Å². The summed E-state index contributed by atoms with van der Waals surface area (Å²) in [6.07, 6.45) is 0. The maximum atomic E-state index is 9.17. The van der Waals surface area contributed by atoms with E-state index in [1.165, 1.54) is 11.8 Å². The molecule has 1 N–H and O–H groups in total. The van der Waals surface area contributed by atoms with Gasteiger partial charge in [0.25, 0.3) is 0 Å². The van der Waals surface area contributed by atoms with Crippen LogP contribution in [0.15, 0.2) is 63.3 Å². The number of hydrogen-bond donors (Lipinski definition) is 1. The Morgan fingerprint density at radius 1 is 1.07 bits per heavy atom. The van der Waals surface area contributed by atoms with Crippen LogP contribution in [-0.4, -0.2) is 73.1 Å². The highest BCUT2D eigenvalue weighted by molar-refractivity contribution is 7.99. The van der Waals surface area contributed by atoms with E-state index in [0.717, 1.165) is 19.6 Å². The molecule has 4 rings (SSSR count). The molecule has 0 radical (unpaired) electrons. The van der Waals surface area contributed by atoms with Gasteiger partial charge in [-0.15, -0.1) is 0 Å². The van der Waals surface area contributed by atoms with Crippen molar-refractivity contribution in [2.75, 3.05) is 52.4 Å². The highest BCUT2D eigenvalue weighted by Gasteiger charge is 2.24. The summed E-state index contributed by atoms with van der Waals surface area (Å²) in [6, 6.07) is 14.6. The van der Waals surface area contributed by atoms with Gasteiger partial charge in [-0.2, -0.15) is 0 Å². The zero-order valence-corrected chi connectivity index (χ0v) is 15.4. The van der Waals surface area contributed by atoms with E-state index in [4.69, 9.17) is 20.7 Å². The summed E-state index contributed by atoms with van der Waals surface area (Å²) >= 11 is 1.46. The quantitative estimate of drug-likeness (QED) is 0.849. The molecule has 2 aromatic rings. The fourth-order valence-electron chi connectivity index (χ4n) is 2.76. The predicted octanol–water partition coefficient (Wildman–Crippen LogP) is 2.86. The molecule has 1 saturated heterocycles. The number of fused-ring (bicyclic) bond motifs is 2. The van der Waals surface area contributed by atoms with Gasteiger partial charge in [-0.25, -0.2) is 4.99 Å². The molecule has 2 aromatic carbocycles. The summed E-state index contributed by atoms with van der Waals surface area (Å²) in [5.41, 5.74) is 1.16. The molecule has 1 fully saturated rings. The molecule has 0 aromatic heterocycles. The predicted molar refractivity (Wildman–Crippen MR) is 109 cm³/mol. The monoisotopic (exact) mass is 391 g/mol. The SMILES string of the molecule is [2H]C([2H])(O)COCC([2H])([2H])N1CC([2H])([2H])N(C2=Nc3ccccc3Sc3ccccc32)C([2H])([2H])C1. The van der Waals surface area contributed by atoms with Gasteiger partial charge in [-0.3, -0.25) is 4.90 Å². The minimum Gasteiger partial charge on any atom is -0.394 e. The number of hydrogen-bond acceptors (Lipinski definition) is 6. The highest BCUT2D eigenvalue weighted by Crippen LogP contribution is 2.40. The first-order valence-electron chi connectivity index (χ1n) is 12.5. The summed E-state index contributed by atoms with van der Waals surface area (Å²) in [5, 5.41) is 9.17. The lowest BCUT2D eigenvalue weighted by atomic mass is 10.1. The van der Waals surface area contributed by atoms with Gasteiger partial charge >= 0.3 is 0 Å². The van der Waals surface area contributed by atoms with E-state index in [1.54, 1.807) is 24.3 Å². The molecule has 6 heteroatoms. The van der Waals surface area contributed by atoms with Gasteiger partial charge in [0.2, 0.25) is 0 Å². The second-order valence-corrected chi connectivity index (χ2v) is 6.90. The minimum absolute atomic E-state index is 0.123. The second-order valence-electron chi connectivity index (χ2n) is 5.82. The Labute approximate surface area is 175 Å². The van der Waals surface area contributed by atoms with Crippen molar-refractivity contribution < 1.29 is 20.8 Å². The van der Waals surface area contributed by atoms with E-state index >= 15 is 0 Å². The van der Waals surface area contributed by atoms with Crippen LogP contribution in [0.4, 0.5) is 5.69 Å². The van der Waals surface area contributed by atoms with E-state index in [1.807, 2.05) is 24.3 Å². The molecule has 0 bridgehead atoms. The molecule has 27 heavy (non-hydrogen) atoms. The highest BCUT2D eigenvalue weighted by atomic mass is 32.2. The molecule has 5 nitrogen and oxygen atoms in total. The van der Waals surface area contributed by atoms with Crippen LogP contribution >= 0.6 is 11.8 Å². The number of piperazine rings is 1. The maximum Gasteiger partial charge on any atom is 0.137 e. The fraction of sp³-hybridized carbons (Fsp3) is 0.381. The first-order chi connectivity index (χ1) is 16.2. The van der Waals surface area contributed by atoms with Crippen LogP contribution in [0.2, 0.25) is 0 Å². The zero-order chi connectivity index (χ0) is 25.6. The Bertz CT molecular complexity index is 1110. The third-order valence-electron chi connectivity index (χ3n) is 4.05. The van der Waals surface area contributed by atoms with Crippen molar-refractivity contribution in [1.29, 1.82) is 0 Å². The largest absolute Gasteiger partial charge is 0.394 e. The van der Waals surface area contributed by atoms with Crippen molar-refractivity contribution in [3.8, 4) is 0 Å². The topological polar surface area (TPSA) is 48.3 Å². The molecule has 0 saturated carbocycles. The van der Waals surface area contributed by atoms with Gasteiger partial charge in [0, 0.05) is 50.7 Å². The molecule has 0 spiro atoms. The van der Waals surface area contributed by atoms with Crippen molar-refractivity contribution in [3.63, 3.8) is 0 Å². The molecule has 2 aliphatic heterocycles. The lowest BCUT2D eigenvalue weighted by Gasteiger charge is -2.36. The van der Waals surface area contributed by atoms with Crippen molar-refractivity contribution >= 4 is 23.3 Å². The van der Waals surface area contributed by atoms with E-state index in [-0.39, 0.29) is 5.84 Å². The average Bonchev–Trinajstić information content (AvgIpc) is 2.87. The fourth-order valence-corrected chi connectivity index (χ4v) is 3.78. The van der Waals surface area contributed by atoms with E-state index in [2.05, 4.69) is 0 Å². The van der Waals surface area contributed by atoms with Crippen molar-refractivity contribution in [3.05, 3.63) is 54.1 Å². The third-order valence-corrected chi connectivity index (χ3v) is 5.19. The Kier molecular flexibility index (Phi) is 3.69. The number of nitrogens with zero attached hydrogens (tertiary/aromatic N) is 3. The number of rotatable bonds is 5. The summed E-state index contributed by atoms with van der Waals surface area (Å²) in [7, 11) is 0.